The van der Waals surface area contributed by atoms with Gasteiger partial charge in [0.25, 0.3) is 0 Å². The monoisotopic (exact) mass is 184 g/mol. The first-order chi connectivity index (χ1) is 5.06. The Labute approximate surface area is 94.5 Å². The number of rotatable bonds is 5. The van der Waals surface area contributed by atoms with Gasteiger partial charge in [-0.05, 0) is 20.8 Å². The molecule has 0 aliphatic rings. The molecule has 0 fully saturated rings. The molecule has 5 heteroatoms. The Hall–Kier alpha value is 0.390. The molecule has 0 atom stereocenters. The predicted octanol–water partition coefficient (Wildman–Crippen LogP) is -3.47. The predicted molar refractivity (Wildman–Crippen MR) is 36.7 cm³/mol. The minimum absolute atomic E-state index is 0. The van der Waals surface area contributed by atoms with Gasteiger partial charge in [0, 0.05) is 13.2 Å². The molecule has 0 rings (SSSR count). The van der Waals surface area contributed by atoms with Crippen LogP contribution in [0.3, 0.4) is 0 Å². The first-order valence-electron chi connectivity index (χ1n) is 3.56. The van der Waals surface area contributed by atoms with Gasteiger partial charge in [-0.2, -0.15) is 0 Å². The van der Waals surface area contributed by atoms with Gasteiger partial charge in [0.05, 0.1) is 0 Å². The Bertz CT molecular complexity index is 131. The van der Waals surface area contributed by atoms with Crippen LogP contribution in [-0.4, -0.2) is 25.0 Å². The van der Waals surface area contributed by atoms with Crippen molar-refractivity contribution in [2.75, 3.05) is 13.2 Å². The van der Waals surface area contributed by atoms with Crippen LogP contribution in [0, 0.1) is 0 Å². The molecule has 0 bridgehead atoms. The minimum atomic E-state index is -1.59. The van der Waals surface area contributed by atoms with Gasteiger partial charge in [0.1, 0.15) is 5.97 Å². The quantitative estimate of drug-likeness (QED) is 0.329. The molecule has 0 aromatic carbocycles. The normalized spacial score (nSPS) is 10.6. The molecule has 0 amide bonds. The van der Waals surface area contributed by atoms with Crippen molar-refractivity contribution >= 4 is 5.97 Å². The third-order valence-corrected chi connectivity index (χ3v) is 1.21. The summed E-state index contributed by atoms with van der Waals surface area (Å²) in [6, 6.07) is 0. The molecule has 0 heterocycles. The van der Waals surface area contributed by atoms with E-state index in [1.54, 1.807) is 13.8 Å². The van der Waals surface area contributed by atoms with Crippen molar-refractivity contribution < 1.29 is 48.9 Å². The van der Waals surface area contributed by atoms with E-state index in [9.17, 15) is 9.90 Å². The summed E-state index contributed by atoms with van der Waals surface area (Å²) < 4.78 is 9.69. The zero-order chi connectivity index (χ0) is 8.91. The van der Waals surface area contributed by atoms with Gasteiger partial charge < -0.3 is 19.4 Å². The average molecular weight is 184 g/mol. The number of carbonyl (C=O) groups is 1. The summed E-state index contributed by atoms with van der Waals surface area (Å²) in [5.74, 6) is -2.94. The zero-order valence-corrected chi connectivity index (χ0v) is 10.0. The summed E-state index contributed by atoms with van der Waals surface area (Å²) in [7, 11) is 0. The fraction of sp³-hybridized carbons (Fsp3) is 0.857. The number of hydrogen-bond acceptors (Lipinski definition) is 4. The Kier molecular flexibility index (Phi) is 8.51. The summed E-state index contributed by atoms with van der Waals surface area (Å²) in [5.41, 5.74) is 0. The van der Waals surface area contributed by atoms with Gasteiger partial charge in [-0.3, -0.25) is 0 Å². The number of ether oxygens (including phenoxy) is 2. The number of carbonyl (C=O) groups excluding carboxylic acids is 1. The topological polar surface area (TPSA) is 58.6 Å². The molecule has 0 aliphatic heterocycles. The summed E-state index contributed by atoms with van der Waals surface area (Å²) in [6.07, 6.45) is 0. The van der Waals surface area contributed by atoms with Crippen molar-refractivity contribution in [3.63, 3.8) is 0 Å². The van der Waals surface area contributed by atoms with E-state index in [2.05, 4.69) is 0 Å². The Morgan fingerprint density at radius 2 is 1.67 bits per heavy atom. The molecule has 0 aromatic heterocycles. The molecule has 0 saturated carbocycles. The molecular weight excluding hydrogens is 171 g/mol. The van der Waals surface area contributed by atoms with Gasteiger partial charge in [0.2, 0.25) is 5.79 Å². The Morgan fingerprint density at radius 3 is 1.83 bits per heavy atom. The number of hydrogen-bond donors (Lipinski definition) is 0. The fourth-order valence-electron chi connectivity index (χ4n) is 0.710. The summed E-state index contributed by atoms with van der Waals surface area (Å²) in [6.45, 7) is 5.28. The van der Waals surface area contributed by atoms with E-state index >= 15 is 0 Å². The SMILES string of the molecule is CCOC(C)(OCC)C(=O)[O-].[Na+]. The Morgan fingerprint density at radius 1 is 1.33 bits per heavy atom. The van der Waals surface area contributed by atoms with Crippen molar-refractivity contribution in [3.05, 3.63) is 0 Å². The molecule has 0 spiro atoms. The van der Waals surface area contributed by atoms with Crippen molar-refractivity contribution in [2.24, 2.45) is 0 Å². The second kappa shape index (κ2) is 6.86. The maximum absolute atomic E-state index is 10.4. The number of carboxylic acids is 1. The molecular formula is C7H13NaO4. The zero-order valence-electron chi connectivity index (χ0n) is 8.05. The van der Waals surface area contributed by atoms with Crippen LogP contribution >= 0.6 is 0 Å². The maximum atomic E-state index is 10.4. The molecule has 66 valence electrons. The summed E-state index contributed by atoms with van der Waals surface area (Å²) >= 11 is 0. The maximum Gasteiger partial charge on any atom is 1.00 e. The molecule has 0 saturated heterocycles. The molecule has 0 N–H and O–H groups in total. The van der Waals surface area contributed by atoms with E-state index in [1.165, 1.54) is 6.92 Å². The third-order valence-electron chi connectivity index (χ3n) is 1.21. The van der Waals surface area contributed by atoms with Crippen LogP contribution < -0.4 is 34.7 Å². The fourth-order valence-corrected chi connectivity index (χ4v) is 0.710. The van der Waals surface area contributed by atoms with Crippen molar-refractivity contribution in [3.8, 4) is 0 Å². The molecule has 0 aromatic rings. The Balaban J connectivity index is 0. The van der Waals surface area contributed by atoms with Crippen LogP contribution in [0.1, 0.15) is 20.8 Å². The number of aliphatic carboxylic acids is 1. The largest absolute Gasteiger partial charge is 1.00 e. The minimum Gasteiger partial charge on any atom is -0.544 e. The van der Waals surface area contributed by atoms with Crippen molar-refractivity contribution in [1.82, 2.24) is 0 Å². The van der Waals surface area contributed by atoms with Gasteiger partial charge >= 0.3 is 29.6 Å². The summed E-state index contributed by atoms with van der Waals surface area (Å²) in [4.78, 5) is 10.4. The average Bonchev–Trinajstić information content (AvgIpc) is 1.88. The second-order valence-corrected chi connectivity index (χ2v) is 2.10. The van der Waals surface area contributed by atoms with E-state index in [4.69, 9.17) is 9.47 Å². The van der Waals surface area contributed by atoms with Crippen LogP contribution in [0.2, 0.25) is 0 Å². The van der Waals surface area contributed by atoms with Crippen molar-refractivity contribution in [2.45, 2.75) is 26.6 Å². The standard InChI is InChI=1S/C7H14O4.Na/c1-4-10-7(3,6(8)9)11-5-2;/h4-5H2,1-3H3,(H,8,9);/q;+1/p-1. The van der Waals surface area contributed by atoms with Gasteiger partial charge in [-0.15, -0.1) is 0 Å². The third kappa shape index (κ3) is 4.42. The molecule has 0 radical (unpaired) electrons. The molecule has 0 unspecified atom stereocenters. The molecule has 4 nitrogen and oxygen atoms in total. The number of carboxylic acid groups (broad SMARTS) is 1. The molecule has 12 heavy (non-hydrogen) atoms. The van der Waals surface area contributed by atoms with E-state index in [-0.39, 0.29) is 42.8 Å². The van der Waals surface area contributed by atoms with Crippen LogP contribution in [0.25, 0.3) is 0 Å². The van der Waals surface area contributed by atoms with Crippen molar-refractivity contribution in [1.29, 1.82) is 0 Å². The van der Waals surface area contributed by atoms with Crippen LogP contribution in [0.5, 0.6) is 0 Å². The van der Waals surface area contributed by atoms with E-state index in [0.29, 0.717) is 0 Å². The van der Waals surface area contributed by atoms with Gasteiger partial charge in [-0.1, -0.05) is 0 Å². The van der Waals surface area contributed by atoms with Crippen LogP contribution in [-0.2, 0) is 14.3 Å². The first kappa shape index (κ1) is 14.9. The smallest absolute Gasteiger partial charge is 0.544 e. The van der Waals surface area contributed by atoms with Gasteiger partial charge in [-0.25, -0.2) is 0 Å². The van der Waals surface area contributed by atoms with Gasteiger partial charge in [0.15, 0.2) is 0 Å². The molecule has 0 aliphatic carbocycles. The van der Waals surface area contributed by atoms with Crippen LogP contribution in [0.4, 0.5) is 0 Å². The van der Waals surface area contributed by atoms with E-state index in [1.807, 2.05) is 0 Å². The first-order valence-corrected chi connectivity index (χ1v) is 3.56. The van der Waals surface area contributed by atoms with E-state index < -0.39 is 11.8 Å². The van der Waals surface area contributed by atoms with Crippen LogP contribution in [0.15, 0.2) is 0 Å². The summed E-state index contributed by atoms with van der Waals surface area (Å²) in [5, 5.41) is 10.4. The second-order valence-electron chi connectivity index (χ2n) is 2.10. The van der Waals surface area contributed by atoms with E-state index in [0.717, 1.165) is 0 Å².